The maximum Gasteiger partial charge on any atom is 0.327 e. The molecular weight excluding hydrogens is 252 g/mol. The molecule has 7 nitrogen and oxygen atoms in total. The van der Waals surface area contributed by atoms with Gasteiger partial charge in [-0.05, 0) is 12.8 Å². The van der Waals surface area contributed by atoms with Gasteiger partial charge in [0.15, 0.2) is 0 Å². The lowest BCUT2D eigenvalue weighted by Crippen LogP contribution is -2.37. The van der Waals surface area contributed by atoms with Crippen molar-refractivity contribution in [3.63, 3.8) is 0 Å². The van der Waals surface area contributed by atoms with Crippen LogP contribution in [0.15, 0.2) is 12.2 Å². The number of esters is 2. The van der Waals surface area contributed by atoms with Crippen LogP contribution in [0.3, 0.4) is 0 Å². The molecule has 0 amide bonds. The van der Waals surface area contributed by atoms with Gasteiger partial charge in [-0.25, -0.2) is 0 Å². The van der Waals surface area contributed by atoms with Gasteiger partial charge in [-0.1, -0.05) is 12.2 Å². The molecule has 1 fully saturated rings. The molecule has 7 heteroatoms. The number of aliphatic carboxylic acids is 1. The van der Waals surface area contributed by atoms with Crippen LogP contribution in [-0.4, -0.2) is 42.1 Å². The minimum absolute atomic E-state index is 0.137. The molecule has 1 saturated heterocycles. The zero-order chi connectivity index (χ0) is 14.6. The third-order valence-corrected chi connectivity index (χ3v) is 3.20. The summed E-state index contributed by atoms with van der Waals surface area (Å²) in [6.07, 6.45) is -0.159. The highest BCUT2D eigenvalue weighted by molar-refractivity contribution is 5.87. The highest BCUT2D eigenvalue weighted by Gasteiger charge is 2.41. The Morgan fingerprint density at radius 1 is 1.42 bits per heavy atom. The Bertz CT molecular complexity index is 385. The minimum Gasteiger partial charge on any atom is -0.480 e. The summed E-state index contributed by atoms with van der Waals surface area (Å²) in [6, 6.07) is -0.845. The molecule has 1 heterocycles. The summed E-state index contributed by atoms with van der Waals surface area (Å²) in [5.74, 6) is -3.24. The number of hydrogen-bond donors (Lipinski definition) is 3. The average Bonchev–Trinajstić information content (AvgIpc) is 2.72. The SMILES string of the molecule is C=C(C)[C@H]1CN[C@H](C(=O)O)[C@H]1CC(=O)OC(=O)CN. The Morgan fingerprint density at radius 3 is 2.53 bits per heavy atom. The fourth-order valence-corrected chi connectivity index (χ4v) is 2.26. The second-order valence-electron chi connectivity index (χ2n) is 4.60. The summed E-state index contributed by atoms with van der Waals surface area (Å²) in [5, 5.41) is 11.9. The molecule has 3 atom stereocenters. The van der Waals surface area contributed by atoms with E-state index in [1.807, 2.05) is 0 Å². The predicted octanol–water partition coefficient (Wildman–Crippen LogP) is -0.730. The van der Waals surface area contributed by atoms with E-state index in [4.69, 9.17) is 10.8 Å². The standard InChI is InChI=1S/C12H18N2O5/c1-6(2)8-5-14-11(12(17)18)7(8)3-9(15)19-10(16)4-13/h7-8,11,14H,1,3-5,13H2,2H3,(H,17,18)/t7-,8+,11-/m0/s1. The number of carbonyl (C=O) groups excluding carboxylic acids is 2. The topological polar surface area (TPSA) is 119 Å². The second-order valence-corrected chi connectivity index (χ2v) is 4.60. The quantitative estimate of drug-likeness (QED) is 0.342. The maximum absolute atomic E-state index is 11.6. The van der Waals surface area contributed by atoms with Gasteiger partial charge >= 0.3 is 17.9 Å². The van der Waals surface area contributed by atoms with Crippen molar-refractivity contribution in [3.05, 3.63) is 12.2 Å². The Morgan fingerprint density at radius 2 is 2.05 bits per heavy atom. The molecule has 0 unspecified atom stereocenters. The van der Waals surface area contributed by atoms with Gasteiger partial charge in [0.25, 0.3) is 0 Å². The third kappa shape index (κ3) is 3.87. The molecule has 0 saturated carbocycles. The third-order valence-electron chi connectivity index (χ3n) is 3.20. The molecule has 0 aliphatic carbocycles. The van der Waals surface area contributed by atoms with Gasteiger partial charge in [0.2, 0.25) is 0 Å². The fourth-order valence-electron chi connectivity index (χ4n) is 2.26. The van der Waals surface area contributed by atoms with Crippen LogP contribution in [0.1, 0.15) is 13.3 Å². The first kappa shape index (κ1) is 15.3. The number of carboxylic acid groups (broad SMARTS) is 1. The molecule has 0 radical (unpaired) electrons. The maximum atomic E-state index is 11.6. The van der Waals surface area contributed by atoms with E-state index in [0.29, 0.717) is 6.54 Å². The number of carbonyl (C=O) groups is 3. The summed E-state index contributed by atoms with van der Waals surface area (Å²) < 4.78 is 4.46. The molecule has 0 aromatic rings. The summed E-state index contributed by atoms with van der Waals surface area (Å²) in [7, 11) is 0. The summed E-state index contributed by atoms with van der Waals surface area (Å²) in [4.78, 5) is 33.6. The van der Waals surface area contributed by atoms with Gasteiger partial charge in [-0.2, -0.15) is 0 Å². The van der Waals surface area contributed by atoms with E-state index in [9.17, 15) is 14.4 Å². The molecule has 4 N–H and O–H groups in total. The molecular formula is C12H18N2O5. The van der Waals surface area contributed by atoms with Crippen LogP contribution in [-0.2, 0) is 19.1 Å². The lowest BCUT2D eigenvalue weighted by Gasteiger charge is -2.20. The summed E-state index contributed by atoms with van der Waals surface area (Å²) in [6.45, 7) is 5.62. The minimum atomic E-state index is -1.04. The highest BCUT2D eigenvalue weighted by atomic mass is 16.6. The first-order chi connectivity index (χ1) is 8.86. The van der Waals surface area contributed by atoms with Crippen LogP contribution in [0.2, 0.25) is 0 Å². The Labute approximate surface area is 110 Å². The van der Waals surface area contributed by atoms with E-state index < -0.39 is 29.9 Å². The highest BCUT2D eigenvalue weighted by Crippen LogP contribution is 2.31. The number of nitrogens with two attached hydrogens (primary N) is 1. The normalized spacial score (nSPS) is 25.9. The number of ether oxygens (including phenoxy) is 1. The van der Waals surface area contributed by atoms with Crippen molar-refractivity contribution >= 4 is 17.9 Å². The Kier molecular flexibility index (Phi) is 5.20. The fraction of sp³-hybridized carbons (Fsp3) is 0.583. The van der Waals surface area contributed by atoms with Gasteiger partial charge in [0.1, 0.15) is 6.04 Å². The zero-order valence-corrected chi connectivity index (χ0v) is 10.7. The van der Waals surface area contributed by atoms with Gasteiger partial charge < -0.3 is 20.9 Å². The van der Waals surface area contributed by atoms with Crippen LogP contribution in [0.4, 0.5) is 0 Å². The molecule has 1 rings (SSSR count). The largest absolute Gasteiger partial charge is 0.480 e. The van der Waals surface area contributed by atoms with E-state index in [2.05, 4.69) is 16.6 Å². The molecule has 0 spiro atoms. The van der Waals surface area contributed by atoms with Crippen molar-refractivity contribution in [1.29, 1.82) is 0 Å². The lowest BCUT2D eigenvalue weighted by atomic mass is 9.84. The molecule has 0 aromatic heterocycles. The first-order valence-electron chi connectivity index (χ1n) is 5.92. The number of nitrogens with one attached hydrogen (secondary N) is 1. The molecule has 0 aromatic carbocycles. The predicted molar refractivity (Wildman–Crippen MR) is 66.0 cm³/mol. The zero-order valence-electron chi connectivity index (χ0n) is 10.7. The molecule has 1 aliphatic rings. The van der Waals surface area contributed by atoms with Crippen molar-refractivity contribution in [2.45, 2.75) is 19.4 Å². The van der Waals surface area contributed by atoms with Crippen LogP contribution in [0, 0.1) is 11.8 Å². The number of hydrogen-bond acceptors (Lipinski definition) is 6. The average molecular weight is 270 g/mol. The molecule has 19 heavy (non-hydrogen) atoms. The van der Waals surface area contributed by atoms with Gasteiger partial charge in [0, 0.05) is 12.5 Å². The molecule has 1 aliphatic heterocycles. The van der Waals surface area contributed by atoms with E-state index >= 15 is 0 Å². The number of carboxylic acids is 1. The van der Waals surface area contributed by atoms with E-state index in [0.717, 1.165) is 5.57 Å². The van der Waals surface area contributed by atoms with Crippen LogP contribution in [0.5, 0.6) is 0 Å². The smallest absolute Gasteiger partial charge is 0.327 e. The van der Waals surface area contributed by atoms with Crippen LogP contribution in [0.25, 0.3) is 0 Å². The van der Waals surface area contributed by atoms with E-state index in [1.54, 1.807) is 6.92 Å². The van der Waals surface area contributed by atoms with E-state index in [-0.39, 0.29) is 18.9 Å². The summed E-state index contributed by atoms with van der Waals surface area (Å²) >= 11 is 0. The Balaban J connectivity index is 2.74. The van der Waals surface area contributed by atoms with Crippen LogP contribution < -0.4 is 11.1 Å². The molecule has 0 bridgehead atoms. The van der Waals surface area contributed by atoms with E-state index in [1.165, 1.54) is 0 Å². The van der Waals surface area contributed by atoms with Crippen molar-refractivity contribution in [2.75, 3.05) is 13.1 Å². The number of rotatable bonds is 5. The lowest BCUT2D eigenvalue weighted by molar-refractivity contribution is -0.159. The van der Waals surface area contributed by atoms with Crippen molar-refractivity contribution in [1.82, 2.24) is 5.32 Å². The van der Waals surface area contributed by atoms with Gasteiger partial charge in [0.05, 0.1) is 13.0 Å². The van der Waals surface area contributed by atoms with Gasteiger partial charge in [-0.15, -0.1) is 0 Å². The summed E-state index contributed by atoms with van der Waals surface area (Å²) in [5.41, 5.74) is 5.82. The second kappa shape index (κ2) is 6.44. The van der Waals surface area contributed by atoms with Crippen molar-refractivity contribution in [3.8, 4) is 0 Å². The van der Waals surface area contributed by atoms with Crippen molar-refractivity contribution in [2.24, 2.45) is 17.6 Å². The first-order valence-corrected chi connectivity index (χ1v) is 5.92. The monoisotopic (exact) mass is 270 g/mol. The van der Waals surface area contributed by atoms with Crippen LogP contribution >= 0.6 is 0 Å². The Hall–Kier alpha value is -1.73. The van der Waals surface area contributed by atoms with Crippen molar-refractivity contribution < 1.29 is 24.2 Å². The van der Waals surface area contributed by atoms with Gasteiger partial charge in [-0.3, -0.25) is 14.4 Å². The molecule has 106 valence electrons.